The molecule has 1 amide bonds. The molecule has 2 aromatic carbocycles. The number of nitrogens with two attached hydrogens (primary N) is 1. The van der Waals surface area contributed by atoms with Gasteiger partial charge in [0.05, 0.1) is 12.6 Å². The Hall–Kier alpha value is -2.33. The number of ether oxygens (including phenoxy) is 1. The summed E-state index contributed by atoms with van der Waals surface area (Å²) in [5.74, 6) is 1.12. The maximum Gasteiger partial charge on any atom is 0.234 e. The molecular weight excluding hydrogens is 312 g/mol. The van der Waals surface area contributed by atoms with E-state index in [-0.39, 0.29) is 11.9 Å². The monoisotopic (exact) mass is 338 g/mol. The number of primary amides is 1. The Bertz CT molecular complexity index is 715. The van der Waals surface area contributed by atoms with Gasteiger partial charge in [-0.1, -0.05) is 49.4 Å². The predicted octanol–water partition coefficient (Wildman–Crippen LogP) is 3.15. The van der Waals surface area contributed by atoms with Crippen molar-refractivity contribution in [2.75, 3.05) is 6.61 Å². The van der Waals surface area contributed by atoms with Gasteiger partial charge in [-0.15, -0.1) is 0 Å². The third kappa shape index (κ3) is 4.40. The average molecular weight is 338 g/mol. The molecule has 3 rings (SSSR count). The molecule has 132 valence electrons. The molecule has 2 aromatic rings. The standard InChI is InChI=1S/C21H26N2O2/c1-2-19(21(22)24)23-13-16-9-11-20-18(12-16)17(14-25-20)10-8-15-6-4-3-5-7-15/h3-7,9,11-12,17,19,23H,2,8,10,13-14H2,1H3,(H2,22,24). The molecule has 0 radical (unpaired) electrons. The number of aryl methyl sites for hydroxylation is 1. The maximum atomic E-state index is 11.4. The van der Waals surface area contributed by atoms with E-state index in [0.29, 0.717) is 18.9 Å². The lowest BCUT2D eigenvalue weighted by Gasteiger charge is -2.14. The van der Waals surface area contributed by atoms with Crippen LogP contribution in [0, 0.1) is 0 Å². The summed E-state index contributed by atoms with van der Waals surface area (Å²) < 4.78 is 5.84. The van der Waals surface area contributed by atoms with E-state index in [1.54, 1.807) is 0 Å². The number of nitrogens with one attached hydrogen (secondary N) is 1. The molecule has 0 aliphatic carbocycles. The molecule has 1 heterocycles. The Kier molecular flexibility index (Phi) is 5.71. The first-order chi connectivity index (χ1) is 12.2. The van der Waals surface area contributed by atoms with Crippen molar-refractivity contribution in [2.45, 2.75) is 44.7 Å². The van der Waals surface area contributed by atoms with Crippen LogP contribution in [0.25, 0.3) is 0 Å². The lowest BCUT2D eigenvalue weighted by molar-refractivity contribution is -0.120. The van der Waals surface area contributed by atoms with Crippen LogP contribution in [0.3, 0.4) is 0 Å². The largest absolute Gasteiger partial charge is 0.493 e. The highest BCUT2D eigenvalue weighted by atomic mass is 16.5. The number of amides is 1. The number of hydrogen-bond acceptors (Lipinski definition) is 3. The minimum Gasteiger partial charge on any atom is -0.493 e. The summed E-state index contributed by atoms with van der Waals surface area (Å²) in [7, 11) is 0. The van der Waals surface area contributed by atoms with Crippen molar-refractivity contribution < 1.29 is 9.53 Å². The molecule has 25 heavy (non-hydrogen) atoms. The second kappa shape index (κ2) is 8.17. The zero-order chi connectivity index (χ0) is 17.6. The lowest BCUT2D eigenvalue weighted by Crippen LogP contribution is -2.40. The van der Waals surface area contributed by atoms with Crippen LogP contribution in [0.1, 0.15) is 42.4 Å². The van der Waals surface area contributed by atoms with E-state index in [4.69, 9.17) is 10.5 Å². The van der Waals surface area contributed by atoms with Crippen LogP contribution < -0.4 is 15.8 Å². The van der Waals surface area contributed by atoms with Crippen molar-refractivity contribution >= 4 is 5.91 Å². The van der Waals surface area contributed by atoms with E-state index in [0.717, 1.165) is 30.8 Å². The van der Waals surface area contributed by atoms with Crippen molar-refractivity contribution in [3.63, 3.8) is 0 Å². The minimum atomic E-state index is -0.298. The van der Waals surface area contributed by atoms with Crippen LogP contribution >= 0.6 is 0 Å². The molecule has 0 saturated heterocycles. The molecule has 0 spiro atoms. The highest BCUT2D eigenvalue weighted by Gasteiger charge is 2.24. The third-order valence-electron chi connectivity index (χ3n) is 4.88. The number of rotatable bonds is 8. The highest BCUT2D eigenvalue weighted by Crippen LogP contribution is 2.37. The molecule has 0 fully saturated rings. The van der Waals surface area contributed by atoms with E-state index in [1.165, 1.54) is 11.1 Å². The Morgan fingerprint density at radius 3 is 2.76 bits per heavy atom. The first-order valence-electron chi connectivity index (χ1n) is 8.99. The Labute approximate surface area is 149 Å². The molecule has 2 atom stereocenters. The van der Waals surface area contributed by atoms with Crippen LogP contribution in [-0.4, -0.2) is 18.6 Å². The number of carbonyl (C=O) groups excluding carboxylic acids is 1. The minimum absolute atomic E-state index is 0.279. The number of hydrogen-bond donors (Lipinski definition) is 2. The zero-order valence-electron chi connectivity index (χ0n) is 14.7. The Morgan fingerprint density at radius 2 is 2.04 bits per heavy atom. The second-order valence-corrected chi connectivity index (χ2v) is 6.65. The molecule has 4 heteroatoms. The average Bonchev–Trinajstić information content (AvgIpc) is 3.03. The quantitative estimate of drug-likeness (QED) is 0.777. The summed E-state index contributed by atoms with van der Waals surface area (Å²) in [6, 6.07) is 16.6. The summed E-state index contributed by atoms with van der Waals surface area (Å²) in [6.07, 6.45) is 2.83. The van der Waals surface area contributed by atoms with Gasteiger partial charge in [-0.2, -0.15) is 0 Å². The fourth-order valence-electron chi connectivity index (χ4n) is 3.35. The van der Waals surface area contributed by atoms with Gasteiger partial charge >= 0.3 is 0 Å². The molecule has 0 saturated carbocycles. The van der Waals surface area contributed by atoms with Crippen LogP contribution in [0.4, 0.5) is 0 Å². The van der Waals surface area contributed by atoms with Gasteiger partial charge in [-0.25, -0.2) is 0 Å². The highest BCUT2D eigenvalue weighted by molar-refractivity contribution is 5.79. The zero-order valence-corrected chi connectivity index (χ0v) is 14.7. The van der Waals surface area contributed by atoms with Gasteiger partial charge in [0.25, 0.3) is 0 Å². The third-order valence-corrected chi connectivity index (χ3v) is 4.88. The molecule has 4 nitrogen and oxygen atoms in total. The van der Waals surface area contributed by atoms with Gasteiger partial charge in [0.1, 0.15) is 5.75 Å². The first kappa shape index (κ1) is 17.5. The van der Waals surface area contributed by atoms with Gasteiger partial charge < -0.3 is 15.8 Å². The van der Waals surface area contributed by atoms with Crippen molar-refractivity contribution in [1.82, 2.24) is 5.32 Å². The maximum absolute atomic E-state index is 11.4. The molecule has 1 aliphatic heterocycles. The summed E-state index contributed by atoms with van der Waals surface area (Å²) in [4.78, 5) is 11.4. The number of fused-ring (bicyclic) bond motifs is 1. The van der Waals surface area contributed by atoms with Crippen LogP contribution in [0.2, 0.25) is 0 Å². The summed E-state index contributed by atoms with van der Waals surface area (Å²) in [5, 5.41) is 3.23. The van der Waals surface area contributed by atoms with Gasteiger partial charge in [-0.05, 0) is 36.5 Å². The molecule has 1 aliphatic rings. The second-order valence-electron chi connectivity index (χ2n) is 6.65. The summed E-state index contributed by atoms with van der Waals surface area (Å²) in [5.41, 5.74) is 9.20. The van der Waals surface area contributed by atoms with E-state index in [9.17, 15) is 4.79 Å². The summed E-state index contributed by atoms with van der Waals surface area (Å²) >= 11 is 0. The molecule has 3 N–H and O–H groups in total. The van der Waals surface area contributed by atoms with Crippen LogP contribution in [-0.2, 0) is 17.8 Å². The predicted molar refractivity (Wildman–Crippen MR) is 99.6 cm³/mol. The number of benzene rings is 2. The lowest BCUT2D eigenvalue weighted by atomic mass is 9.93. The molecular formula is C21H26N2O2. The summed E-state index contributed by atoms with van der Waals surface area (Å²) in [6.45, 7) is 3.34. The Morgan fingerprint density at radius 1 is 1.24 bits per heavy atom. The van der Waals surface area contributed by atoms with E-state index >= 15 is 0 Å². The molecule has 2 unspecified atom stereocenters. The van der Waals surface area contributed by atoms with Gasteiger partial charge in [0.15, 0.2) is 0 Å². The van der Waals surface area contributed by atoms with Gasteiger partial charge in [0.2, 0.25) is 5.91 Å². The smallest absolute Gasteiger partial charge is 0.234 e. The topological polar surface area (TPSA) is 64.3 Å². The molecule has 0 aromatic heterocycles. The fraction of sp³-hybridized carbons (Fsp3) is 0.381. The van der Waals surface area contributed by atoms with E-state index < -0.39 is 0 Å². The van der Waals surface area contributed by atoms with Gasteiger partial charge in [0, 0.05) is 18.0 Å². The SMILES string of the molecule is CCC(NCc1ccc2c(c1)C(CCc1ccccc1)CO2)C(N)=O. The number of carbonyl (C=O) groups is 1. The van der Waals surface area contributed by atoms with Crippen molar-refractivity contribution in [1.29, 1.82) is 0 Å². The van der Waals surface area contributed by atoms with Crippen LogP contribution in [0.5, 0.6) is 5.75 Å². The van der Waals surface area contributed by atoms with E-state index in [2.05, 4.69) is 41.7 Å². The normalized spacial score (nSPS) is 16.9. The Balaban J connectivity index is 1.63. The van der Waals surface area contributed by atoms with Crippen LogP contribution in [0.15, 0.2) is 48.5 Å². The van der Waals surface area contributed by atoms with Crippen molar-refractivity contribution in [3.8, 4) is 5.75 Å². The van der Waals surface area contributed by atoms with Crippen molar-refractivity contribution in [3.05, 3.63) is 65.2 Å². The van der Waals surface area contributed by atoms with Gasteiger partial charge in [-0.3, -0.25) is 4.79 Å². The van der Waals surface area contributed by atoms with Crippen molar-refractivity contribution in [2.24, 2.45) is 5.73 Å². The first-order valence-corrected chi connectivity index (χ1v) is 8.99. The molecule has 0 bridgehead atoms. The fourth-order valence-corrected chi connectivity index (χ4v) is 3.35. The van der Waals surface area contributed by atoms with E-state index in [1.807, 2.05) is 19.1 Å².